The van der Waals surface area contributed by atoms with E-state index in [0.29, 0.717) is 13.1 Å². The summed E-state index contributed by atoms with van der Waals surface area (Å²) in [5.41, 5.74) is 7.47. The van der Waals surface area contributed by atoms with Gasteiger partial charge >= 0.3 is 0 Å². The highest BCUT2D eigenvalue weighted by Gasteiger charge is 2.27. The quantitative estimate of drug-likeness (QED) is 0.805. The van der Waals surface area contributed by atoms with Crippen LogP contribution < -0.4 is 5.73 Å². The summed E-state index contributed by atoms with van der Waals surface area (Å²) in [6.07, 6.45) is 0. The molecule has 0 aliphatic carbocycles. The van der Waals surface area contributed by atoms with Crippen LogP contribution in [0.3, 0.4) is 0 Å². The molecule has 0 amide bonds. The molecule has 1 aliphatic heterocycles. The Kier molecular flexibility index (Phi) is 2.77. The third kappa shape index (κ3) is 2.04. The van der Waals surface area contributed by atoms with Crippen LogP contribution in [0.1, 0.15) is 11.1 Å². The summed E-state index contributed by atoms with van der Waals surface area (Å²) in [5.74, 6) is 0.0288. The zero-order valence-corrected chi connectivity index (χ0v) is 9.20. The molecule has 1 aliphatic rings. The Morgan fingerprint density at radius 2 is 1.73 bits per heavy atom. The second-order valence-corrected chi connectivity index (χ2v) is 5.73. The van der Waals surface area contributed by atoms with Crippen molar-refractivity contribution < 1.29 is 8.42 Å². The lowest BCUT2D eigenvalue weighted by Crippen LogP contribution is -2.31. The van der Waals surface area contributed by atoms with Gasteiger partial charge < -0.3 is 5.73 Å². The minimum atomic E-state index is -3.17. The van der Waals surface area contributed by atoms with Crippen molar-refractivity contribution in [2.24, 2.45) is 5.73 Å². The number of benzene rings is 1. The summed E-state index contributed by atoms with van der Waals surface area (Å²) >= 11 is 0. The maximum absolute atomic E-state index is 11.7. The molecular formula is C10H14N2O2S. The highest BCUT2D eigenvalue weighted by atomic mass is 32.2. The normalized spacial score (nSPS) is 16.6. The van der Waals surface area contributed by atoms with E-state index in [-0.39, 0.29) is 12.3 Å². The van der Waals surface area contributed by atoms with Gasteiger partial charge in [0.2, 0.25) is 10.0 Å². The molecule has 1 heterocycles. The molecule has 0 saturated heterocycles. The first kappa shape index (κ1) is 10.6. The Morgan fingerprint density at radius 1 is 1.20 bits per heavy atom. The average molecular weight is 226 g/mol. The first-order valence-electron chi connectivity index (χ1n) is 4.88. The molecular weight excluding hydrogens is 212 g/mol. The van der Waals surface area contributed by atoms with Crippen LogP contribution in [0.25, 0.3) is 0 Å². The molecule has 2 N–H and O–H groups in total. The summed E-state index contributed by atoms with van der Waals surface area (Å²) < 4.78 is 25.0. The minimum Gasteiger partial charge on any atom is -0.329 e. The van der Waals surface area contributed by atoms with Gasteiger partial charge in [-0.3, -0.25) is 0 Å². The average Bonchev–Trinajstić information content (AvgIpc) is 2.61. The van der Waals surface area contributed by atoms with E-state index in [9.17, 15) is 8.42 Å². The number of hydrogen-bond acceptors (Lipinski definition) is 3. The van der Waals surface area contributed by atoms with Gasteiger partial charge in [-0.2, -0.15) is 4.31 Å². The molecule has 0 fully saturated rings. The van der Waals surface area contributed by atoms with Crippen molar-refractivity contribution in [2.45, 2.75) is 13.1 Å². The first-order valence-corrected chi connectivity index (χ1v) is 6.49. The van der Waals surface area contributed by atoms with Crippen LogP contribution in [0.5, 0.6) is 0 Å². The van der Waals surface area contributed by atoms with Gasteiger partial charge in [0.1, 0.15) is 0 Å². The highest BCUT2D eigenvalue weighted by Crippen LogP contribution is 2.24. The third-order valence-corrected chi connectivity index (χ3v) is 4.38. The van der Waals surface area contributed by atoms with E-state index in [4.69, 9.17) is 5.73 Å². The molecule has 0 aromatic heterocycles. The van der Waals surface area contributed by atoms with Crippen molar-refractivity contribution in [3.05, 3.63) is 35.4 Å². The van der Waals surface area contributed by atoms with E-state index in [1.54, 1.807) is 0 Å². The lowest BCUT2D eigenvalue weighted by atomic mass is 10.1. The van der Waals surface area contributed by atoms with Crippen LogP contribution in [0.15, 0.2) is 24.3 Å². The predicted molar refractivity (Wildman–Crippen MR) is 58.5 cm³/mol. The van der Waals surface area contributed by atoms with Crippen molar-refractivity contribution in [2.75, 3.05) is 12.3 Å². The topological polar surface area (TPSA) is 63.4 Å². The van der Waals surface area contributed by atoms with Gasteiger partial charge in [-0.1, -0.05) is 24.3 Å². The van der Waals surface area contributed by atoms with Gasteiger partial charge in [0.05, 0.1) is 5.75 Å². The Labute approximate surface area is 89.7 Å². The molecule has 1 aromatic rings. The Bertz CT molecular complexity index is 431. The lowest BCUT2D eigenvalue weighted by Gasteiger charge is -2.14. The SMILES string of the molecule is NCCS(=O)(=O)N1Cc2ccccc2C1. The lowest BCUT2D eigenvalue weighted by molar-refractivity contribution is 0.432. The van der Waals surface area contributed by atoms with Gasteiger partial charge in [0, 0.05) is 19.6 Å². The monoisotopic (exact) mass is 226 g/mol. The van der Waals surface area contributed by atoms with Crippen LogP contribution in [0.2, 0.25) is 0 Å². The van der Waals surface area contributed by atoms with Gasteiger partial charge in [-0.05, 0) is 11.1 Å². The second-order valence-electron chi connectivity index (χ2n) is 3.64. The van der Waals surface area contributed by atoms with Gasteiger partial charge in [-0.25, -0.2) is 8.42 Å². The summed E-state index contributed by atoms with van der Waals surface area (Å²) in [7, 11) is -3.17. The molecule has 0 spiro atoms. The Balaban J connectivity index is 2.20. The van der Waals surface area contributed by atoms with E-state index < -0.39 is 10.0 Å². The van der Waals surface area contributed by atoms with Crippen molar-refractivity contribution in [1.29, 1.82) is 0 Å². The fourth-order valence-corrected chi connectivity index (χ4v) is 3.00. The number of sulfonamides is 1. The Morgan fingerprint density at radius 3 is 2.20 bits per heavy atom. The fourth-order valence-electron chi connectivity index (χ4n) is 1.78. The van der Waals surface area contributed by atoms with E-state index in [0.717, 1.165) is 11.1 Å². The van der Waals surface area contributed by atoms with E-state index in [2.05, 4.69) is 0 Å². The molecule has 0 bridgehead atoms. The van der Waals surface area contributed by atoms with Crippen LogP contribution >= 0.6 is 0 Å². The largest absolute Gasteiger partial charge is 0.329 e. The second kappa shape index (κ2) is 3.92. The molecule has 1 aromatic carbocycles. The van der Waals surface area contributed by atoms with Gasteiger partial charge in [0.25, 0.3) is 0 Å². The number of rotatable bonds is 3. The van der Waals surface area contributed by atoms with Crippen molar-refractivity contribution in [1.82, 2.24) is 4.31 Å². The van der Waals surface area contributed by atoms with E-state index in [1.165, 1.54) is 4.31 Å². The smallest absolute Gasteiger partial charge is 0.215 e. The van der Waals surface area contributed by atoms with Crippen LogP contribution in [-0.2, 0) is 23.1 Å². The number of nitrogens with two attached hydrogens (primary N) is 1. The maximum Gasteiger partial charge on any atom is 0.215 e. The zero-order valence-electron chi connectivity index (χ0n) is 8.39. The fraction of sp³-hybridized carbons (Fsp3) is 0.400. The van der Waals surface area contributed by atoms with Crippen molar-refractivity contribution >= 4 is 10.0 Å². The minimum absolute atomic E-state index is 0.0288. The van der Waals surface area contributed by atoms with E-state index in [1.807, 2.05) is 24.3 Å². The molecule has 0 radical (unpaired) electrons. The Hall–Kier alpha value is -0.910. The van der Waals surface area contributed by atoms with Crippen LogP contribution in [-0.4, -0.2) is 25.0 Å². The molecule has 5 heteroatoms. The van der Waals surface area contributed by atoms with Crippen molar-refractivity contribution in [3.63, 3.8) is 0 Å². The predicted octanol–water partition coefficient (Wildman–Crippen LogP) is 0.291. The number of nitrogens with zero attached hydrogens (tertiary/aromatic N) is 1. The molecule has 2 rings (SSSR count). The molecule has 82 valence electrons. The van der Waals surface area contributed by atoms with Gasteiger partial charge in [0.15, 0.2) is 0 Å². The molecule has 0 saturated carbocycles. The third-order valence-electron chi connectivity index (χ3n) is 2.58. The molecule has 4 nitrogen and oxygen atoms in total. The number of hydrogen-bond donors (Lipinski definition) is 1. The molecule has 0 unspecified atom stereocenters. The molecule has 15 heavy (non-hydrogen) atoms. The summed E-state index contributed by atoms with van der Waals surface area (Å²) in [5, 5.41) is 0. The first-order chi connectivity index (χ1) is 7.13. The molecule has 0 atom stereocenters. The summed E-state index contributed by atoms with van der Waals surface area (Å²) in [6, 6.07) is 7.79. The van der Waals surface area contributed by atoms with E-state index >= 15 is 0 Å². The summed E-state index contributed by atoms with van der Waals surface area (Å²) in [6.45, 7) is 1.15. The van der Waals surface area contributed by atoms with Crippen LogP contribution in [0, 0.1) is 0 Å². The summed E-state index contributed by atoms with van der Waals surface area (Å²) in [4.78, 5) is 0. The van der Waals surface area contributed by atoms with Gasteiger partial charge in [-0.15, -0.1) is 0 Å². The van der Waals surface area contributed by atoms with Crippen LogP contribution in [0.4, 0.5) is 0 Å². The standard InChI is InChI=1S/C10H14N2O2S/c11-5-6-15(13,14)12-7-9-3-1-2-4-10(9)8-12/h1-4H,5-8,11H2. The van der Waals surface area contributed by atoms with Crippen molar-refractivity contribution in [3.8, 4) is 0 Å². The maximum atomic E-state index is 11.7. The zero-order chi connectivity index (χ0) is 10.9. The highest BCUT2D eigenvalue weighted by molar-refractivity contribution is 7.89. The number of fused-ring (bicyclic) bond motifs is 1.